The van der Waals surface area contributed by atoms with Crippen LogP contribution in [-0.2, 0) is 11.3 Å². The standard InChI is InChI=1S/C12H15BrN4O/c1-2-5-15-11(18)7-17-10-4-3-8(13)6-9(10)16-12(17)14/h3-4,6H,2,5,7H2,1H3,(H2,14,16)(H,15,18). The molecule has 0 saturated heterocycles. The number of halogens is 1. The molecule has 0 fully saturated rings. The molecule has 3 N–H and O–H groups in total. The van der Waals surface area contributed by atoms with E-state index in [1.165, 1.54) is 0 Å². The van der Waals surface area contributed by atoms with Gasteiger partial charge >= 0.3 is 0 Å². The molecule has 0 unspecified atom stereocenters. The van der Waals surface area contributed by atoms with Crippen LogP contribution < -0.4 is 11.1 Å². The number of hydrogen-bond donors (Lipinski definition) is 2. The number of rotatable bonds is 4. The second kappa shape index (κ2) is 5.39. The maximum atomic E-state index is 11.7. The average Bonchev–Trinajstić information content (AvgIpc) is 2.62. The van der Waals surface area contributed by atoms with E-state index in [1.807, 2.05) is 25.1 Å². The number of nitrogen functional groups attached to an aromatic ring is 1. The Balaban J connectivity index is 2.27. The fraction of sp³-hybridized carbons (Fsp3) is 0.333. The molecule has 0 aliphatic heterocycles. The Bertz CT molecular complexity index is 579. The van der Waals surface area contributed by atoms with E-state index in [-0.39, 0.29) is 12.5 Å². The number of nitrogens with zero attached hydrogens (tertiary/aromatic N) is 2. The normalized spacial score (nSPS) is 10.8. The molecule has 0 bridgehead atoms. The zero-order valence-electron chi connectivity index (χ0n) is 10.1. The highest BCUT2D eigenvalue weighted by atomic mass is 79.9. The number of hydrogen-bond acceptors (Lipinski definition) is 3. The Hall–Kier alpha value is -1.56. The lowest BCUT2D eigenvalue weighted by molar-refractivity contribution is -0.121. The van der Waals surface area contributed by atoms with E-state index in [2.05, 4.69) is 26.2 Å². The van der Waals surface area contributed by atoms with Gasteiger partial charge in [-0.2, -0.15) is 0 Å². The van der Waals surface area contributed by atoms with Crippen molar-refractivity contribution in [2.45, 2.75) is 19.9 Å². The molecule has 1 heterocycles. The average molecular weight is 311 g/mol. The number of amides is 1. The molecule has 2 aromatic rings. The fourth-order valence-corrected chi connectivity index (χ4v) is 2.10. The van der Waals surface area contributed by atoms with E-state index in [0.29, 0.717) is 12.5 Å². The molecule has 1 amide bonds. The molecule has 1 aromatic carbocycles. The van der Waals surface area contributed by atoms with Crippen LogP contribution in [-0.4, -0.2) is 22.0 Å². The molecular formula is C12H15BrN4O. The minimum Gasteiger partial charge on any atom is -0.369 e. The van der Waals surface area contributed by atoms with Gasteiger partial charge in [-0.1, -0.05) is 22.9 Å². The quantitative estimate of drug-likeness (QED) is 0.906. The lowest BCUT2D eigenvalue weighted by Crippen LogP contribution is -2.28. The van der Waals surface area contributed by atoms with E-state index in [1.54, 1.807) is 4.57 Å². The van der Waals surface area contributed by atoms with Gasteiger partial charge < -0.3 is 15.6 Å². The SMILES string of the molecule is CCCNC(=O)Cn1c(N)nc2cc(Br)ccc21. The van der Waals surface area contributed by atoms with Crippen molar-refractivity contribution in [3.63, 3.8) is 0 Å². The number of carbonyl (C=O) groups excluding carboxylic acids is 1. The number of imidazole rings is 1. The number of nitrogens with two attached hydrogens (primary N) is 1. The lowest BCUT2D eigenvalue weighted by Gasteiger charge is -2.07. The highest BCUT2D eigenvalue weighted by Gasteiger charge is 2.11. The molecule has 0 radical (unpaired) electrons. The lowest BCUT2D eigenvalue weighted by atomic mass is 10.3. The van der Waals surface area contributed by atoms with E-state index >= 15 is 0 Å². The molecule has 1 aromatic heterocycles. The van der Waals surface area contributed by atoms with Gasteiger partial charge in [0.25, 0.3) is 0 Å². The van der Waals surface area contributed by atoms with Gasteiger partial charge in [-0.05, 0) is 24.6 Å². The topological polar surface area (TPSA) is 72.9 Å². The summed E-state index contributed by atoms with van der Waals surface area (Å²) >= 11 is 3.38. The van der Waals surface area contributed by atoms with Gasteiger partial charge in [0, 0.05) is 11.0 Å². The molecule has 0 spiro atoms. The van der Waals surface area contributed by atoms with Crippen molar-refractivity contribution < 1.29 is 4.79 Å². The summed E-state index contributed by atoms with van der Waals surface area (Å²) < 4.78 is 2.65. The van der Waals surface area contributed by atoms with Gasteiger partial charge in [0.2, 0.25) is 11.9 Å². The van der Waals surface area contributed by atoms with Crippen LogP contribution in [0.3, 0.4) is 0 Å². The van der Waals surface area contributed by atoms with Crippen LogP contribution in [0.15, 0.2) is 22.7 Å². The summed E-state index contributed by atoms with van der Waals surface area (Å²) in [6.45, 7) is 2.89. The Morgan fingerprint density at radius 3 is 3.06 bits per heavy atom. The third-order valence-electron chi connectivity index (χ3n) is 2.61. The van der Waals surface area contributed by atoms with Gasteiger partial charge in [0.05, 0.1) is 11.0 Å². The molecule has 0 saturated carbocycles. The first-order valence-electron chi connectivity index (χ1n) is 5.79. The van der Waals surface area contributed by atoms with Crippen molar-refractivity contribution in [1.29, 1.82) is 0 Å². The highest BCUT2D eigenvalue weighted by molar-refractivity contribution is 9.10. The number of benzene rings is 1. The molecule has 6 heteroatoms. The number of fused-ring (bicyclic) bond motifs is 1. The molecule has 0 aliphatic carbocycles. The van der Waals surface area contributed by atoms with Crippen molar-refractivity contribution in [3.8, 4) is 0 Å². The zero-order chi connectivity index (χ0) is 13.1. The Labute approximate surface area is 113 Å². The predicted octanol–water partition coefficient (Wildman–Crippen LogP) is 1.91. The Morgan fingerprint density at radius 1 is 1.56 bits per heavy atom. The monoisotopic (exact) mass is 310 g/mol. The fourth-order valence-electron chi connectivity index (χ4n) is 1.75. The van der Waals surface area contributed by atoms with Crippen molar-refractivity contribution in [2.24, 2.45) is 0 Å². The molecule has 0 aliphatic rings. The number of carbonyl (C=O) groups is 1. The summed E-state index contributed by atoms with van der Waals surface area (Å²) in [6.07, 6.45) is 0.916. The van der Waals surface area contributed by atoms with Crippen molar-refractivity contribution in [2.75, 3.05) is 12.3 Å². The van der Waals surface area contributed by atoms with E-state index in [0.717, 1.165) is 21.9 Å². The number of anilines is 1. The summed E-state index contributed by atoms with van der Waals surface area (Å²) in [5.74, 6) is 0.306. The first-order chi connectivity index (χ1) is 8.61. The zero-order valence-corrected chi connectivity index (χ0v) is 11.7. The first-order valence-corrected chi connectivity index (χ1v) is 6.59. The van der Waals surface area contributed by atoms with Gasteiger partial charge in [0.15, 0.2) is 0 Å². The van der Waals surface area contributed by atoms with Crippen LogP contribution in [0.4, 0.5) is 5.95 Å². The van der Waals surface area contributed by atoms with Crippen LogP contribution >= 0.6 is 15.9 Å². The second-order valence-corrected chi connectivity index (χ2v) is 4.95. The molecular weight excluding hydrogens is 296 g/mol. The molecule has 5 nitrogen and oxygen atoms in total. The van der Waals surface area contributed by atoms with Crippen molar-refractivity contribution in [3.05, 3.63) is 22.7 Å². The van der Waals surface area contributed by atoms with Crippen LogP contribution in [0, 0.1) is 0 Å². The van der Waals surface area contributed by atoms with Crippen LogP contribution in [0.25, 0.3) is 11.0 Å². The van der Waals surface area contributed by atoms with Crippen LogP contribution in [0.1, 0.15) is 13.3 Å². The summed E-state index contributed by atoms with van der Waals surface area (Å²) in [4.78, 5) is 15.9. The van der Waals surface area contributed by atoms with Gasteiger partial charge in [0.1, 0.15) is 6.54 Å². The van der Waals surface area contributed by atoms with E-state index < -0.39 is 0 Å². The second-order valence-electron chi connectivity index (χ2n) is 4.04. The van der Waals surface area contributed by atoms with Crippen LogP contribution in [0.2, 0.25) is 0 Å². The van der Waals surface area contributed by atoms with Gasteiger partial charge in [-0.25, -0.2) is 4.98 Å². The predicted molar refractivity (Wildman–Crippen MR) is 75.1 cm³/mol. The third kappa shape index (κ3) is 2.64. The first kappa shape index (κ1) is 12.9. The highest BCUT2D eigenvalue weighted by Crippen LogP contribution is 2.21. The third-order valence-corrected chi connectivity index (χ3v) is 3.11. The van der Waals surface area contributed by atoms with Crippen molar-refractivity contribution in [1.82, 2.24) is 14.9 Å². The Kier molecular flexibility index (Phi) is 3.86. The minimum atomic E-state index is -0.0502. The largest absolute Gasteiger partial charge is 0.369 e. The summed E-state index contributed by atoms with van der Waals surface area (Å²) in [5, 5.41) is 2.82. The van der Waals surface area contributed by atoms with E-state index in [4.69, 9.17) is 5.73 Å². The molecule has 18 heavy (non-hydrogen) atoms. The number of nitrogens with one attached hydrogen (secondary N) is 1. The number of aromatic nitrogens is 2. The smallest absolute Gasteiger partial charge is 0.240 e. The van der Waals surface area contributed by atoms with Crippen molar-refractivity contribution >= 4 is 38.8 Å². The summed E-state index contributed by atoms with van der Waals surface area (Å²) in [5.41, 5.74) is 7.48. The maximum Gasteiger partial charge on any atom is 0.240 e. The summed E-state index contributed by atoms with van der Waals surface area (Å²) in [6, 6.07) is 5.69. The molecule has 96 valence electrons. The van der Waals surface area contributed by atoms with Gasteiger partial charge in [-0.3, -0.25) is 4.79 Å². The van der Waals surface area contributed by atoms with Crippen LogP contribution in [0.5, 0.6) is 0 Å². The minimum absolute atomic E-state index is 0.0502. The van der Waals surface area contributed by atoms with Gasteiger partial charge in [-0.15, -0.1) is 0 Å². The molecule has 2 rings (SSSR count). The molecule has 0 atom stereocenters. The Morgan fingerprint density at radius 2 is 2.33 bits per heavy atom. The summed E-state index contributed by atoms with van der Waals surface area (Å²) in [7, 11) is 0. The maximum absolute atomic E-state index is 11.7. The van der Waals surface area contributed by atoms with E-state index in [9.17, 15) is 4.79 Å².